The van der Waals surface area contributed by atoms with Crippen LogP contribution in [0.1, 0.15) is 33.0 Å². The highest BCUT2D eigenvalue weighted by Gasteiger charge is 2.16. The maximum absolute atomic E-state index is 11.9. The predicted molar refractivity (Wildman–Crippen MR) is 109 cm³/mol. The third kappa shape index (κ3) is 7.78. The second-order valence-electron chi connectivity index (χ2n) is 7.26. The summed E-state index contributed by atoms with van der Waals surface area (Å²) in [5.74, 6) is 0.690. The van der Waals surface area contributed by atoms with Crippen LogP contribution in [-0.2, 0) is 20.8 Å². The minimum atomic E-state index is -0.584. The molecule has 0 aliphatic rings. The molecule has 0 aliphatic heterocycles. The molecule has 2 rings (SSSR count). The molecule has 162 valence electrons. The zero-order valence-corrected chi connectivity index (χ0v) is 17.4. The zero-order valence-electron chi connectivity index (χ0n) is 17.4. The van der Waals surface area contributed by atoms with Gasteiger partial charge in [-0.15, -0.1) is 0 Å². The molecule has 0 saturated carbocycles. The Bertz CT molecular complexity index is 872. The summed E-state index contributed by atoms with van der Waals surface area (Å²) in [6.45, 7) is 5.67. The fourth-order valence-electron chi connectivity index (χ4n) is 2.25. The fourth-order valence-corrected chi connectivity index (χ4v) is 2.25. The fraction of sp³-hybridized carbons (Fsp3) is 0.421. The molecule has 0 atom stereocenters. The number of methoxy groups -OCH3 is 1. The first-order chi connectivity index (χ1) is 14.2. The summed E-state index contributed by atoms with van der Waals surface area (Å²) in [5, 5.41) is 14.7. The summed E-state index contributed by atoms with van der Waals surface area (Å²) < 4.78 is 9.59. The number of amides is 3. The number of nitrogens with one attached hydrogen (secondary N) is 4. The highest BCUT2D eigenvalue weighted by molar-refractivity contribution is 5.91. The monoisotopic (exact) mass is 418 g/mol. The number of aromatic amines is 1. The van der Waals surface area contributed by atoms with Gasteiger partial charge in [0.15, 0.2) is 5.82 Å². The van der Waals surface area contributed by atoms with E-state index in [1.54, 1.807) is 45.0 Å². The van der Waals surface area contributed by atoms with Crippen molar-refractivity contribution in [3.8, 4) is 11.4 Å². The van der Waals surface area contributed by atoms with Crippen LogP contribution in [0.2, 0.25) is 0 Å². The molecular weight excluding hydrogens is 392 g/mol. The Balaban J connectivity index is 1.84. The van der Waals surface area contributed by atoms with Gasteiger partial charge in [-0.1, -0.05) is 0 Å². The topological polar surface area (TPSA) is 147 Å². The molecule has 11 nitrogen and oxygen atoms in total. The minimum absolute atomic E-state index is 0.117. The number of nitrogens with zero attached hydrogens (tertiary/aromatic N) is 2. The lowest BCUT2D eigenvalue weighted by Gasteiger charge is -2.19. The first-order valence-electron chi connectivity index (χ1n) is 9.26. The third-order valence-corrected chi connectivity index (χ3v) is 3.56. The Morgan fingerprint density at radius 3 is 2.40 bits per heavy atom. The number of carbonyl (C=O) groups excluding carboxylic acids is 3. The molecule has 0 saturated heterocycles. The molecule has 3 amide bonds. The Hall–Kier alpha value is -3.63. The molecule has 1 aromatic carbocycles. The molecule has 11 heteroatoms. The molecule has 0 unspecified atom stereocenters. The summed E-state index contributed by atoms with van der Waals surface area (Å²) in [6.07, 6.45) is -1.01. The van der Waals surface area contributed by atoms with Gasteiger partial charge < -0.3 is 25.4 Å². The summed E-state index contributed by atoms with van der Waals surface area (Å²) >= 11 is 0. The van der Waals surface area contributed by atoms with Crippen LogP contribution in [0.25, 0.3) is 11.4 Å². The number of H-pyrrole nitrogens is 1. The highest BCUT2D eigenvalue weighted by atomic mass is 16.6. The van der Waals surface area contributed by atoms with Crippen molar-refractivity contribution in [2.75, 3.05) is 19.0 Å². The third-order valence-electron chi connectivity index (χ3n) is 3.56. The first-order valence-corrected chi connectivity index (χ1v) is 9.26. The van der Waals surface area contributed by atoms with Gasteiger partial charge in [-0.25, -0.2) is 14.6 Å². The molecule has 0 radical (unpaired) electrons. The number of ether oxygens (including phenoxy) is 2. The number of carbonyl (C=O) groups is 3. The lowest BCUT2D eigenvalue weighted by Crippen LogP contribution is -2.32. The molecule has 2 aromatic rings. The van der Waals surface area contributed by atoms with Gasteiger partial charge in [0.2, 0.25) is 5.91 Å². The maximum Gasteiger partial charge on any atom is 0.408 e. The molecule has 4 N–H and O–H groups in total. The molecule has 1 heterocycles. The van der Waals surface area contributed by atoms with Crippen molar-refractivity contribution < 1.29 is 23.9 Å². The summed E-state index contributed by atoms with van der Waals surface area (Å²) in [7, 11) is 1.26. The van der Waals surface area contributed by atoms with Gasteiger partial charge in [0.05, 0.1) is 13.7 Å². The van der Waals surface area contributed by atoms with Gasteiger partial charge in [-0.2, -0.15) is 5.10 Å². The molecule has 0 spiro atoms. The van der Waals surface area contributed by atoms with E-state index in [1.807, 2.05) is 0 Å². The highest BCUT2D eigenvalue weighted by Crippen LogP contribution is 2.18. The van der Waals surface area contributed by atoms with Gasteiger partial charge in [-0.05, 0) is 45.0 Å². The number of hydrogen-bond donors (Lipinski definition) is 4. The molecule has 30 heavy (non-hydrogen) atoms. The van der Waals surface area contributed by atoms with Crippen molar-refractivity contribution in [3.05, 3.63) is 30.1 Å². The van der Waals surface area contributed by atoms with E-state index in [4.69, 9.17) is 4.74 Å². The number of benzene rings is 1. The van der Waals surface area contributed by atoms with Crippen LogP contribution in [0.4, 0.5) is 15.3 Å². The van der Waals surface area contributed by atoms with Crippen molar-refractivity contribution in [2.24, 2.45) is 0 Å². The molecular formula is C19H26N6O5. The number of rotatable bonds is 7. The largest absolute Gasteiger partial charge is 0.453 e. The predicted octanol–water partition coefficient (Wildman–Crippen LogP) is 2.18. The molecule has 1 aromatic heterocycles. The number of aromatic nitrogens is 3. The zero-order chi connectivity index (χ0) is 22.1. The van der Waals surface area contributed by atoms with E-state index in [2.05, 4.69) is 35.9 Å². The van der Waals surface area contributed by atoms with Gasteiger partial charge in [0.25, 0.3) is 0 Å². The normalized spacial score (nSPS) is 10.8. The Labute approximate surface area is 173 Å². The SMILES string of the molecule is COC(=O)NCCC(=O)Nc1ccc(-c2n[nH]c(CNC(=O)OC(C)(C)C)n2)cc1. The van der Waals surface area contributed by atoms with Crippen molar-refractivity contribution in [2.45, 2.75) is 39.3 Å². The van der Waals surface area contributed by atoms with Gasteiger partial charge >= 0.3 is 12.2 Å². The lowest BCUT2D eigenvalue weighted by molar-refractivity contribution is -0.116. The summed E-state index contributed by atoms with van der Waals surface area (Å²) in [4.78, 5) is 38.8. The van der Waals surface area contributed by atoms with Crippen LogP contribution in [0.15, 0.2) is 24.3 Å². The molecule has 0 fully saturated rings. The van der Waals surface area contributed by atoms with Crippen molar-refractivity contribution in [1.82, 2.24) is 25.8 Å². The second kappa shape index (κ2) is 10.2. The van der Waals surface area contributed by atoms with Crippen LogP contribution >= 0.6 is 0 Å². The van der Waals surface area contributed by atoms with Crippen LogP contribution in [0, 0.1) is 0 Å². The van der Waals surface area contributed by atoms with Gasteiger partial charge in [-0.3, -0.25) is 9.89 Å². The van der Waals surface area contributed by atoms with E-state index >= 15 is 0 Å². The molecule has 0 bridgehead atoms. The van der Waals surface area contributed by atoms with E-state index in [-0.39, 0.29) is 25.4 Å². The standard InChI is InChI=1S/C19H26N6O5/c1-19(2,3)30-18(28)21-11-14-23-16(25-24-14)12-5-7-13(8-6-12)22-15(26)9-10-20-17(27)29-4/h5-8H,9-11H2,1-4H3,(H,20,27)(H,21,28)(H,22,26)(H,23,24,25). The summed E-state index contributed by atoms with van der Waals surface area (Å²) in [6, 6.07) is 6.96. The smallest absolute Gasteiger partial charge is 0.408 e. The van der Waals surface area contributed by atoms with Gasteiger partial charge in [0, 0.05) is 24.2 Å². The Kier molecular flexibility index (Phi) is 7.73. The van der Waals surface area contributed by atoms with Crippen molar-refractivity contribution >= 4 is 23.8 Å². The molecule has 0 aliphatic carbocycles. The maximum atomic E-state index is 11.9. The van der Waals surface area contributed by atoms with Crippen LogP contribution < -0.4 is 16.0 Å². The number of hydrogen-bond acceptors (Lipinski definition) is 7. The van der Waals surface area contributed by atoms with Crippen molar-refractivity contribution in [3.63, 3.8) is 0 Å². The number of alkyl carbamates (subject to hydrolysis) is 2. The summed E-state index contributed by atoms with van der Waals surface area (Å²) in [5.41, 5.74) is 0.760. The van der Waals surface area contributed by atoms with Gasteiger partial charge in [0.1, 0.15) is 11.4 Å². The van der Waals surface area contributed by atoms with Crippen LogP contribution in [0.5, 0.6) is 0 Å². The Morgan fingerprint density at radius 2 is 1.77 bits per heavy atom. The van der Waals surface area contributed by atoms with E-state index in [9.17, 15) is 14.4 Å². The van der Waals surface area contributed by atoms with E-state index in [0.717, 1.165) is 5.56 Å². The average molecular weight is 418 g/mol. The van der Waals surface area contributed by atoms with E-state index < -0.39 is 17.8 Å². The van der Waals surface area contributed by atoms with E-state index in [1.165, 1.54) is 7.11 Å². The average Bonchev–Trinajstić information content (AvgIpc) is 3.14. The minimum Gasteiger partial charge on any atom is -0.453 e. The number of anilines is 1. The lowest BCUT2D eigenvalue weighted by atomic mass is 10.2. The first kappa shape index (κ1) is 22.7. The van der Waals surface area contributed by atoms with Crippen LogP contribution in [-0.4, -0.2) is 52.5 Å². The van der Waals surface area contributed by atoms with Crippen LogP contribution in [0.3, 0.4) is 0 Å². The quantitative estimate of drug-likeness (QED) is 0.539. The van der Waals surface area contributed by atoms with Crippen molar-refractivity contribution in [1.29, 1.82) is 0 Å². The second-order valence-corrected chi connectivity index (χ2v) is 7.26. The Morgan fingerprint density at radius 1 is 1.07 bits per heavy atom. The van der Waals surface area contributed by atoms with E-state index in [0.29, 0.717) is 17.3 Å².